The van der Waals surface area contributed by atoms with Crippen LogP contribution in [-0.2, 0) is 4.79 Å². The summed E-state index contributed by atoms with van der Waals surface area (Å²) in [6.45, 7) is 2.46. The highest BCUT2D eigenvalue weighted by Crippen LogP contribution is 2.22. The first-order chi connectivity index (χ1) is 12.1. The Hall–Kier alpha value is -2.69. The molecule has 5 heteroatoms. The number of nitrogens with one attached hydrogen (secondary N) is 1. The Morgan fingerprint density at radius 1 is 1.12 bits per heavy atom. The van der Waals surface area contributed by atoms with Gasteiger partial charge in [-0.3, -0.25) is 9.59 Å². The van der Waals surface area contributed by atoms with Gasteiger partial charge in [0.05, 0.1) is 6.04 Å². The van der Waals surface area contributed by atoms with Crippen LogP contribution in [0.15, 0.2) is 54.6 Å². The van der Waals surface area contributed by atoms with Gasteiger partial charge in [-0.15, -0.1) is 0 Å². The molecule has 0 unspecified atom stereocenters. The Kier molecular flexibility index (Phi) is 5.12. The molecule has 0 aromatic heterocycles. The van der Waals surface area contributed by atoms with Gasteiger partial charge in [0.25, 0.3) is 5.91 Å². The minimum Gasteiger partial charge on any atom is -0.348 e. The third-order valence-corrected chi connectivity index (χ3v) is 4.57. The molecule has 2 amide bonds. The van der Waals surface area contributed by atoms with E-state index in [-0.39, 0.29) is 23.7 Å². The molecule has 0 bridgehead atoms. The quantitative estimate of drug-likeness (QED) is 0.928. The second-order valence-electron chi connectivity index (χ2n) is 6.30. The average Bonchev–Trinajstić information content (AvgIpc) is 3.12. The van der Waals surface area contributed by atoms with Crippen molar-refractivity contribution in [3.8, 4) is 0 Å². The van der Waals surface area contributed by atoms with Gasteiger partial charge in [-0.1, -0.05) is 30.3 Å². The van der Waals surface area contributed by atoms with Crippen molar-refractivity contribution < 1.29 is 14.0 Å². The molecule has 130 valence electrons. The number of halogens is 1. The van der Waals surface area contributed by atoms with Crippen molar-refractivity contribution in [2.24, 2.45) is 0 Å². The van der Waals surface area contributed by atoms with E-state index in [1.165, 1.54) is 24.3 Å². The van der Waals surface area contributed by atoms with Crippen molar-refractivity contribution in [2.75, 3.05) is 6.54 Å². The van der Waals surface area contributed by atoms with Crippen LogP contribution in [0.25, 0.3) is 0 Å². The monoisotopic (exact) mass is 340 g/mol. The molecule has 3 rings (SSSR count). The van der Waals surface area contributed by atoms with Gasteiger partial charge in [0.2, 0.25) is 5.91 Å². The van der Waals surface area contributed by atoms with E-state index in [4.69, 9.17) is 0 Å². The van der Waals surface area contributed by atoms with Crippen LogP contribution in [0.2, 0.25) is 0 Å². The zero-order chi connectivity index (χ0) is 17.8. The number of benzene rings is 2. The highest BCUT2D eigenvalue weighted by Gasteiger charge is 2.35. The Balaban J connectivity index is 1.69. The van der Waals surface area contributed by atoms with Crippen molar-refractivity contribution >= 4 is 11.8 Å². The number of hydrogen-bond acceptors (Lipinski definition) is 2. The van der Waals surface area contributed by atoms with Crippen LogP contribution in [0.4, 0.5) is 4.39 Å². The number of carbonyl (C=O) groups is 2. The van der Waals surface area contributed by atoms with Crippen LogP contribution in [0.1, 0.15) is 41.7 Å². The molecule has 1 fully saturated rings. The summed E-state index contributed by atoms with van der Waals surface area (Å²) < 4.78 is 13.0. The lowest BCUT2D eigenvalue weighted by atomic mass is 10.1. The van der Waals surface area contributed by atoms with E-state index in [0.717, 1.165) is 12.0 Å². The van der Waals surface area contributed by atoms with Gasteiger partial charge in [-0.05, 0) is 49.6 Å². The molecule has 0 spiro atoms. The van der Waals surface area contributed by atoms with Crippen LogP contribution in [0.5, 0.6) is 0 Å². The van der Waals surface area contributed by atoms with E-state index in [9.17, 15) is 14.0 Å². The zero-order valence-corrected chi connectivity index (χ0v) is 14.1. The minimum atomic E-state index is -0.483. The predicted molar refractivity (Wildman–Crippen MR) is 93.5 cm³/mol. The van der Waals surface area contributed by atoms with Gasteiger partial charge >= 0.3 is 0 Å². The van der Waals surface area contributed by atoms with Crippen molar-refractivity contribution in [1.29, 1.82) is 0 Å². The SMILES string of the molecule is C[C@H](NC(=O)[C@H]1CCCN1C(=O)c1ccc(F)cc1)c1ccccc1. The zero-order valence-electron chi connectivity index (χ0n) is 14.1. The molecule has 0 aliphatic carbocycles. The molecule has 1 saturated heterocycles. The average molecular weight is 340 g/mol. The summed E-state index contributed by atoms with van der Waals surface area (Å²) in [5.41, 5.74) is 1.42. The van der Waals surface area contributed by atoms with E-state index in [1.807, 2.05) is 37.3 Å². The lowest BCUT2D eigenvalue weighted by Crippen LogP contribution is -2.46. The molecule has 1 heterocycles. The lowest BCUT2D eigenvalue weighted by Gasteiger charge is -2.25. The first-order valence-electron chi connectivity index (χ1n) is 8.48. The summed E-state index contributed by atoms with van der Waals surface area (Å²) in [6.07, 6.45) is 1.42. The number of carbonyl (C=O) groups excluding carboxylic acids is 2. The molecule has 2 aromatic rings. The molecule has 1 aliphatic heterocycles. The highest BCUT2D eigenvalue weighted by molar-refractivity contribution is 5.98. The smallest absolute Gasteiger partial charge is 0.254 e. The van der Waals surface area contributed by atoms with Crippen LogP contribution >= 0.6 is 0 Å². The van der Waals surface area contributed by atoms with Crippen molar-refractivity contribution in [3.05, 3.63) is 71.5 Å². The van der Waals surface area contributed by atoms with Crippen molar-refractivity contribution in [2.45, 2.75) is 31.8 Å². The van der Waals surface area contributed by atoms with E-state index in [0.29, 0.717) is 18.5 Å². The maximum absolute atomic E-state index is 13.0. The van der Waals surface area contributed by atoms with Gasteiger partial charge in [0.15, 0.2) is 0 Å². The van der Waals surface area contributed by atoms with Crippen LogP contribution in [-0.4, -0.2) is 29.3 Å². The third-order valence-electron chi connectivity index (χ3n) is 4.57. The van der Waals surface area contributed by atoms with Gasteiger partial charge in [0, 0.05) is 12.1 Å². The molecular formula is C20H21FN2O2. The molecule has 2 aromatic carbocycles. The van der Waals surface area contributed by atoms with Gasteiger partial charge in [0.1, 0.15) is 11.9 Å². The third kappa shape index (κ3) is 3.87. The fourth-order valence-electron chi connectivity index (χ4n) is 3.18. The molecular weight excluding hydrogens is 319 g/mol. The van der Waals surface area contributed by atoms with Crippen LogP contribution < -0.4 is 5.32 Å². The standard InChI is InChI=1S/C20H21FN2O2/c1-14(15-6-3-2-4-7-15)22-19(24)18-8-5-13-23(18)20(25)16-9-11-17(21)12-10-16/h2-4,6-7,9-12,14,18H,5,8,13H2,1H3,(H,22,24)/t14-,18+/m0/s1. The largest absolute Gasteiger partial charge is 0.348 e. The molecule has 2 atom stereocenters. The minimum absolute atomic E-state index is 0.128. The number of hydrogen-bond donors (Lipinski definition) is 1. The molecule has 4 nitrogen and oxygen atoms in total. The number of likely N-dealkylation sites (tertiary alicyclic amines) is 1. The summed E-state index contributed by atoms with van der Waals surface area (Å²) in [4.78, 5) is 26.9. The fourth-order valence-corrected chi connectivity index (χ4v) is 3.18. The normalized spacial score (nSPS) is 18.0. The summed E-state index contributed by atoms with van der Waals surface area (Å²) in [5, 5.41) is 2.99. The Morgan fingerprint density at radius 3 is 2.48 bits per heavy atom. The molecule has 1 N–H and O–H groups in total. The van der Waals surface area contributed by atoms with Gasteiger partial charge < -0.3 is 10.2 Å². The summed E-state index contributed by atoms with van der Waals surface area (Å²) in [7, 11) is 0. The summed E-state index contributed by atoms with van der Waals surface area (Å²) in [6, 6.07) is 14.5. The lowest BCUT2D eigenvalue weighted by molar-refractivity contribution is -0.125. The number of rotatable bonds is 4. The van der Waals surface area contributed by atoms with Crippen LogP contribution in [0.3, 0.4) is 0 Å². The van der Waals surface area contributed by atoms with E-state index in [2.05, 4.69) is 5.32 Å². The van der Waals surface area contributed by atoms with Gasteiger partial charge in [-0.2, -0.15) is 0 Å². The summed E-state index contributed by atoms with van der Waals surface area (Å²) >= 11 is 0. The second kappa shape index (κ2) is 7.47. The first kappa shape index (κ1) is 17.1. The van der Waals surface area contributed by atoms with Gasteiger partial charge in [-0.25, -0.2) is 4.39 Å². The molecule has 0 saturated carbocycles. The maximum Gasteiger partial charge on any atom is 0.254 e. The molecule has 25 heavy (non-hydrogen) atoms. The molecule has 0 radical (unpaired) electrons. The topological polar surface area (TPSA) is 49.4 Å². The Morgan fingerprint density at radius 2 is 1.80 bits per heavy atom. The first-order valence-corrected chi connectivity index (χ1v) is 8.48. The Bertz CT molecular complexity index is 746. The Labute approximate surface area is 146 Å². The second-order valence-corrected chi connectivity index (χ2v) is 6.30. The highest BCUT2D eigenvalue weighted by atomic mass is 19.1. The molecule has 1 aliphatic rings. The number of nitrogens with zero attached hydrogens (tertiary/aromatic N) is 1. The fraction of sp³-hybridized carbons (Fsp3) is 0.300. The number of amides is 2. The van der Waals surface area contributed by atoms with E-state index in [1.54, 1.807) is 4.90 Å². The van der Waals surface area contributed by atoms with Crippen molar-refractivity contribution in [3.63, 3.8) is 0 Å². The van der Waals surface area contributed by atoms with E-state index >= 15 is 0 Å². The maximum atomic E-state index is 13.0. The summed E-state index contributed by atoms with van der Waals surface area (Å²) in [5.74, 6) is -0.765. The predicted octanol–water partition coefficient (Wildman–Crippen LogP) is 3.31. The van der Waals surface area contributed by atoms with Crippen molar-refractivity contribution in [1.82, 2.24) is 10.2 Å². The van der Waals surface area contributed by atoms with E-state index < -0.39 is 6.04 Å². The van der Waals surface area contributed by atoms with Crippen LogP contribution in [0, 0.1) is 5.82 Å².